The van der Waals surface area contributed by atoms with Crippen molar-refractivity contribution in [3.63, 3.8) is 0 Å². The molecular weight excluding hydrogens is 463 g/mol. The summed E-state index contributed by atoms with van der Waals surface area (Å²) < 4.78 is 5.34. The summed E-state index contributed by atoms with van der Waals surface area (Å²) in [5.41, 5.74) is 4.54. The summed E-state index contributed by atoms with van der Waals surface area (Å²) >= 11 is 0. The average Bonchev–Trinajstić information content (AvgIpc) is 3.16. The standard InChI is InChI=1S/C22H36N4O.HI/c1-23-21(25-17-22(12-14-27-3)10-4-5-11-22)24-16-18-8-9-20-19(15-18)7-6-13-26(20)2;/h8-9,15H,4-7,10-14,16-17H2,1-3H3,(H2,23,24,25);1H. The van der Waals surface area contributed by atoms with Crippen molar-refractivity contribution in [2.24, 2.45) is 10.4 Å². The van der Waals surface area contributed by atoms with Gasteiger partial charge in [0, 0.05) is 53.1 Å². The molecule has 0 radical (unpaired) electrons. The molecule has 1 aliphatic heterocycles. The summed E-state index contributed by atoms with van der Waals surface area (Å²) in [6, 6.07) is 6.85. The van der Waals surface area contributed by atoms with Crippen LogP contribution in [0.2, 0.25) is 0 Å². The van der Waals surface area contributed by atoms with Gasteiger partial charge in [0.1, 0.15) is 0 Å². The summed E-state index contributed by atoms with van der Waals surface area (Å²) in [5, 5.41) is 7.07. The topological polar surface area (TPSA) is 48.9 Å². The smallest absolute Gasteiger partial charge is 0.191 e. The molecule has 2 N–H and O–H groups in total. The Morgan fingerprint density at radius 2 is 2.00 bits per heavy atom. The van der Waals surface area contributed by atoms with Crippen molar-refractivity contribution in [1.29, 1.82) is 0 Å². The lowest BCUT2D eigenvalue weighted by molar-refractivity contribution is 0.138. The summed E-state index contributed by atoms with van der Waals surface area (Å²) in [4.78, 5) is 6.79. The van der Waals surface area contributed by atoms with E-state index < -0.39 is 0 Å². The summed E-state index contributed by atoms with van der Waals surface area (Å²) in [6.07, 6.45) is 8.81. The van der Waals surface area contributed by atoms with Crippen molar-refractivity contribution in [2.75, 3.05) is 45.8 Å². The Hall–Kier alpha value is -1.02. The van der Waals surface area contributed by atoms with Crippen LogP contribution in [0.5, 0.6) is 0 Å². The minimum Gasteiger partial charge on any atom is -0.385 e. The van der Waals surface area contributed by atoms with E-state index in [4.69, 9.17) is 4.74 Å². The van der Waals surface area contributed by atoms with E-state index in [1.807, 2.05) is 7.05 Å². The first-order valence-corrected chi connectivity index (χ1v) is 10.4. The Kier molecular flexibility index (Phi) is 9.34. The molecule has 0 unspecified atom stereocenters. The second-order valence-electron chi connectivity index (χ2n) is 8.22. The number of hydrogen-bond donors (Lipinski definition) is 2. The average molecular weight is 500 g/mol. The third-order valence-corrected chi connectivity index (χ3v) is 6.31. The number of methoxy groups -OCH3 is 1. The third-order valence-electron chi connectivity index (χ3n) is 6.31. The molecule has 0 saturated heterocycles. The van der Waals surface area contributed by atoms with Gasteiger partial charge in [-0.2, -0.15) is 0 Å². The van der Waals surface area contributed by atoms with Gasteiger partial charge in [0.25, 0.3) is 0 Å². The Morgan fingerprint density at radius 3 is 2.71 bits per heavy atom. The Labute approximate surface area is 187 Å². The fourth-order valence-electron chi connectivity index (χ4n) is 4.58. The van der Waals surface area contributed by atoms with Crippen LogP contribution in [0.25, 0.3) is 0 Å². The van der Waals surface area contributed by atoms with E-state index in [0.717, 1.165) is 38.6 Å². The first-order chi connectivity index (χ1) is 13.2. The molecule has 0 atom stereocenters. The number of halogens is 1. The largest absolute Gasteiger partial charge is 0.385 e. The van der Waals surface area contributed by atoms with Crippen molar-refractivity contribution in [2.45, 2.75) is 51.5 Å². The van der Waals surface area contributed by atoms with E-state index >= 15 is 0 Å². The lowest BCUT2D eigenvalue weighted by atomic mass is 9.83. The molecule has 0 spiro atoms. The molecule has 1 heterocycles. The maximum atomic E-state index is 5.34. The Balaban J connectivity index is 0.00000280. The molecule has 2 aliphatic rings. The molecule has 1 saturated carbocycles. The van der Waals surface area contributed by atoms with E-state index in [0.29, 0.717) is 5.41 Å². The van der Waals surface area contributed by atoms with Crippen molar-refractivity contribution in [3.8, 4) is 0 Å². The molecule has 1 aliphatic carbocycles. The van der Waals surface area contributed by atoms with Gasteiger partial charge in [-0.3, -0.25) is 4.99 Å². The maximum absolute atomic E-state index is 5.34. The van der Waals surface area contributed by atoms with E-state index in [2.05, 4.69) is 45.8 Å². The van der Waals surface area contributed by atoms with E-state index in [9.17, 15) is 0 Å². The number of nitrogens with zero attached hydrogens (tertiary/aromatic N) is 2. The van der Waals surface area contributed by atoms with Crippen molar-refractivity contribution >= 4 is 35.6 Å². The van der Waals surface area contributed by atoms with Crippen molar-refractivity contribution < 1.29 is 4.74 Å². The minimum absolute atomic E-state index is 0. The number of nitrogens with one attached hydrogen (secondary N) is 2. The molecule has 1 aromatic carbocycles. The van der Waals surface area contributed by atoms with Gasteiger partial charge >= 0.3 is 0 Å². The Morgan fingerprint density at radius 1 is 1.21 bits per heavy atom. The van der Waals surface area contributed by atoms with Crippen LogP contribution in [0, 0.1) is 5.41 Å². The van der Waals surface area contributed by atoms with Gasteiger partial charge in [-0.05, 0) is 54.7 Å². The second-order valence-corrected chi connectivity index (χ2v) is 8.22. The highest BCUT2D eigenvalue weighted by atomic mass is 127. The van der Waals surface area contributed by atoms with Gasteiger partial charge in [0.2, 0.25) is 0 Å². The normalized spacial score (nSPS) is 18.4. The molecule has 158 valence electrons. The fourth-order valence-corrected chi connectivity index (χ4v) is 4.58. The molecule has 5 nitrogen and oxygen atoms in total. The number of anilines is 1. The van der Waals surface area contributed by atoms with Crippen LogP contribution < -0.4 is 15.5 Å². The van der Waals surface area contributed by atoms with Gasteiger partial charge < -0.3 is 20.3 Å². The molecule has 0 amide bonds. The van der Waals surface area contributed by atoms with E-state index in [1.54, 1.807) is 7.11 Å². The zero-order chi connectivity index (χ0) is 19.1. The number of aliphatic imine (C=N–C) groups is 1. The predicted molar refractivity (Wildman–Crippen MR) is 129 cm³/mol. The number of guanidine groups is 1. The summed E-state index contributed by atoms with van der Waals surface area (Å²) in [6.45, 7) is 3.79. The molecule has 1 aromatic rings. The Bertz CT molecular complexity index is 643. The van der Waals surface area contributed by atoms with Crippen LogP contribution in [-0.2, 0) is 17.7 Å². The van der Waals surface area contributed by atoms with Crippen LogP contribution in [0.4, 0.5) is 5.69 Å². The first-order valence-electron chi connectivity index (χ1n) is 10.4. The van der Waals surface area contributed by atoms with Crippen LogP contribution >= 0.6 is 24.0 Å². The van der Waals surface area contributed by atoms with Gasteiger partial charge in [0.05, 0.1) is 0 Å². The SMILES string of the molecule is CN=C(NCc1ccc2c(c1)CCCN2C)NCC1(CCOC)CCCC1.I. The second kappa shape index (κ2) is 11.2. The molecule has 0 aromatic heterocycles. The fraction of sp³-hybridized carbons (Fsp3) is 0.682. The van der Waals surface area contributed by atoms with Crippen molar-refractivity contribution in [1.82, 2.24) is 10.6 Å². The lowest BCUT2D eigenvalue weighted by Crippen LogP contribution is -2.43. The number of ether oxygens (including phenoxy) is 1. The predicted octanol–water partition coefficient (Wildman–Crippen LogP) is 3.95. The number of hydrogen-bond acceptors (Lipinski definition) is 3. The maximum Gasteiger partial charge on any atom is 0.191 e. The molecule has 28 heavy (non-hydrogen) atoms. The summed E-state index contributed by atoms with van der Waals surface area (Å²) in [7, 11) is 5.84. The first kappa shape index (κ1) is 23.3. The molecule has 6 heteroatoms. The number of benzene rings is 1. The molecular formula is C22H37IN4O. The van der Waals surface area contributed by atoms with Gasteiger partial charge in [-0.15, -0.1) is 24.0 Å². The molecule has 1 fully saturated rings. The van der Waals surface area contributed by atoms with Gasteiger partial charge in [-0.1, -0.05) is 25.0 Å². The van der Waals surface area contributed by atoms with Crippen LogP contribution in [-0.4, -0.2) is 46.9 Å². The van der Waals surface area contributed by atoms with E-state index in [-0.39, 0.29) is 24.0 Å². The van der Waals surface area contributed by atoms with Crippen LogP contribution in [0.3, 0.4) is 0 Å². The zero-order valence-electron chi connectivity index (χ0n) is 17.7. The van der Waals surface area contributed by atoms with Crippen molar-refractivity contribution in [3.05, 3.63) is 29.3 Å². The highest BCUT2D eigenvalue weighted by molar-refractivity contribution is 14.0. The number of aryl methyl sites for hydroxylation is 1. The zero-order valence-corrected chi connectivity index (χ0v) is 20.1. The summed E-state index contributed by atoms with van der Waals surface area (Å²) in [5.74, 6) is 0.897. The lowest BCUT2D eigenvalue weighted by Gasteiger charge is -2.30. The van der Waals surface area contributed by atoms with Crippen LogP contribution in [0.1, 0.15) is 49.7 Å². The van der Waals surface area contributed by atoms with Gasteiger partial charge in [0.15, 0.2) is 5.96 Å². The van der Waals surface area contributed by atoms with Gasteiger partial charge in [-0.25, -0.2) is 0 Å². The van der Waals surface area contributed by atoms with E-state index in [1.165, 1.54) is 55.3 Å². The highest BCUT2D eigenvalue weighted by Crippen LogP contribution is 2.40. The number of rotatable bonds is 7. The van der Waals surface area contributed by atoms with Crippen LogP contribution in [0.15, 0.2) is 23.2 Å². The molecule has 0 bridgehead atoms. The number of fused-ring (bicyclic) bond motifs is 1. The monoisotopic (exact) mass is 500 g/mol. The highest BCUT2D eigenvalue weighted by Gasteiger charge is 2.33. The minimum atomic E-state index is 0. The quantitative estimate of drug-likeness (QED) is 0.338. The molecule has 3 rings (SSSR count). The third kappa shape index (κ3) is 5.99.